The maximum atomic E-state index is 11.5. The average Bonchev–Trinajstić information content (AvgIpc) is 2.51. The Morgan fingerprint density at radius 2 is 1.55 bits per heavy atom. The van der Waals surface area contributed by atoms with Crippen molar-refractivity contribution >= 4 is 5.78 Å². The van der Waals surface area contributed by atoms with Crippen LogP contribution in [0.25, 0.3) is 0 Å². The van der Waals surface area contributed by atoms with Gasteiger partial charge in [0.25, 0.3) is 0 Å². The molecule has 0 aromatic heterocycles. The van der Waals surface area contributed by atoms with Crippen molar-refractivity contribution in [2.24, 2.45) is 0 Å². The summed E-state index contributed by atoms with van der Waals surface area (Å²) >= 11 is 0. The van der Waals surface area contributed by atoms with Crippen LogP contribution in [0.2, 0.25) is 0 Å². The number of allylic oxidation sites excluding steroid dienone is 2. The molecule has 0 aliphatic rings. The molecule has 1 aromatic carbocycles. The van der Waals surface area contributed by atoms with E-state index >= 15 is 0 Å². The third kappa shape index (κ3) is 15.0. The first kappa shape index (κ1) is 22.9. The second-order valence-corrected chi connectivity index (χ2v) is 5.28. The van der Waals surface area contributed by atoms with Crippen LogP contribution in [0.4, 0.5) is 0 Å². The fourth-order valence-corrected chi connectivity index (χ4v) is 1.68. The molecular formula is C20H35NO. The van der Waals surface area contributed by atoms with Gasteiger partial charge in [-0.2, -0.15) is 0 Å². The van der Waals surface area contributed by atoms with E-state index in [-0.39, 0.29) is 0 Å². The van der Waals surface area contributed by atoms with Gasteiger partial charge in [-0.1, -0.05) is 55.8 Å². The van der Waals surface area contributed by atoms with E-state index in [4.69, 9.17) is 0 Å². The van der Waals surface area contributed by atoms with Gasteiger partial charge in [0.15, 0.2) is 0 Å². The van der Waals surface area contributed by atoms with Gasteiger partial charge in [0.2, 0.25) is 0 Å². The number of rotatable bonds is 6. The summed E-state index contributed by atoms with van der Waals surface area (Å²) < 4.78 is 0. The average molecular weight is 306 g/mol. The molecule has 0 saturated carbocycles. The molecule has 0 heterocycles. The molecule has 0 unspecified atom stereocenters. The number of carbonyl (C=O) groups is 1. The standard InChI is InChI=1S/C14H21NO.C4H8.C2H6/c1-12-7-9-13(10-8-12)5-4-6-14(16)11-15(2)3;1-3-4-2;1-2/h7-10H,4-6,11H2,1-3H3;3-4H,1-2H3;1-2H3/b;4-3+;. The number of ketones is 1. The molecule has 0 radical (unpaired) electrons. The highest BCUT2D eigenvalue weighted by molar-refractivity contribution is 5.80. The number of carbonyl (C=O) groups excluding carboxylic acids is 1. The molecule has 2 heteroatoms. The molecule has 0 saturated heterocycles. The van der Waals surface area contributed by atoms with Crippen molar-refractivity contribution in [2.45, 2.75) is 53.9 Å². The molecule has 0 aliphatic heterocycles. The highest BCUT2D eigenvalue weighted by Crippen LogP contribution is 2.07. The van der Waals surface area contributed by atoms with Crippen molar-refractivity contribution < 1.29 is 4.79 Å². The van der Waals surface area contributed by atoms with Gasteiger partial charge >= 0.3 is 0 Å². The summed E-state index contributed by atoms with van der Waals surface area (Å²) in [5.41, 5.74) is 2.61. The molecule has 0 spiro atoms. The van der Waals surface area contributed by atoms with Gasteiger partial charge in [-0.15, -0.1) is 0 Å². The van der Waals surface area contributed by atoms with Crippen LogP contribution in [0, 0.1) is 6.92 Å². The fraction of sp³-hybridized carbons (Fsp3) is 0.550. The number of hydrogen-bond donors (Lipinski definition) is 0. The quantitative estimate of drug-likeness (QED) is 0.685. The molecule has 1 rings (SSSR count). The zero-order valence-corrected chi connectivity index (χ0v) is 15.6. The molecule has 0 fully saturated rings. The lowest BCUT2D eigenvalue weighted by Gasteiger charge is -2.08. The minimum atomic E-state index is 0.331. The zero-order valence-electron chi connectivity index (χ0n) is 15.6. The Morgan fingerprint density at radius 1 is 1.05 bits per heavy atom. The lowest BCUT2D eigenvalue weighted by atomic mass is 10.1. The predicted molar refractivity (Wildman–Crippen MR) is 99.5 cm³/mol. The Morgan fingerprint density at radius 3 is 1.95 bits per heavy atom. The topological polar surface area (TPSA) is 20.3 Å². The van der Waals surface area contributed by atoms with Crippen LogP contribution < -0.4 is 0 Å². The van der Waals surface area contributed by atoms with E-state index < -0.39 is 0 Å². The summed E-state index contributed by atoms with van der Waals surface area (Å²) in [6.07, 6.45) is 6.64. The van der Waals surface area contributed by atoms with Crippen molar-refractivity contribution in [3.05, 3.63) is 47.5 Å². The van der Waals surface area contributed by atoms with Crippen LogP contribution in [0.1, 0.15) is 51.7 Å². The van der Waals surface area contributed by atoms with Gasteiger partial charge in [0.05, 0.1) is 6.54 Å². The van der Waals surface area contributed by atoms with Crippen molar-refractivity contribution in [1.29, 1.82) is 0 Å². The minimum absolute atomic E-state index is 0.331. The molecule has 0 amide bonds. The number of aryl methyl sites for hydroxylation is 2. The van der Waals surface area contributed by atoms with E-state index in [9.17, 15) is 4.79 Å². The normalized spacial score (nSPS) is 9.82. The van der Waals surface area contributed by atoms with Crippen LogP contribution in [0.5, 0.6) is 0 Å². The second-order valence-electron chi connectivity index (χ2n) is 5.28. The molecular weight excluding hydrogens is 270 g/mol. The predicted octanol–water partition coefficient (Wildman–Crippen LogP) is 5.06. The van der Waals surface area contributed by atoms with Crippen molar-refractivity contribution in [3.8, 4) is 0 Å². The number of benzene rings is 1. The smallest absolute Gasteiger partial charge is 0.146 e. The van der Waals surface area contributed by atoms with Crippen LogP contribution >= 0.6 is 0 Å². The highest BCUT2D eigenvalue weighted by atomic mass is 16.1. The van der Waals surface area contributed by atoms with Crippen LogP contribution in [-0.2, 0) is 11.2 Å². The third-order valence-electron chi connectivity index (χ3n) is 2.87. The minimum Gasteiger partial charge on any atom is -0.302 e. The maximum Gasteiger partial charge on any atom is 0.146 e. The van der Waals surface area contributed by atoms with Crippen LogP contribution in [0.3, 0.4) is 0 Å². The maximum absolute atomic E-state index is 11.5. The fourth-order valence-electron chi connectivity index (χ4n) is 1.68. The van der Waals surface area contributed by atoms with Crippen LogP contribution in [0.15, 0.2) is 36.4 Å². The molecule has 0 bridgehead atoms. The molecule has 2 nitrogen and oxygen atoms in total. The summed E-state index contributed by atoms with van der Waals surface area (Å²) in [6, 6.07) is 8.53. The van der Waals surface area contributed by atoms with E-state index in [1.165, 1.54) is 11.1 Å². The van der Waals surface area contributed by atoms with E-state index in [1.807, 2.05) is 58.8 Å². The van der Waals surface area contributed by atoms with Crippen molar-refractivity contribution in [2.75, 3.05) is 20.6 Å². The van der Waals surface area contributed by atoms with E-state index in [0.717, 1.165) is 12.8 Å². The Balaban J connectivity index is 0. The highest BCUT2D eigenvalue weighted by Gasteiger charge is 2.03. The lowest BCUT2D eigenvalue weighted by molar-refractivity contribution is -0.119. The van der Waals surface area contributed by atoms with Gasteiger partial charge in [0.1, 0.15) is 5.78 Å². The van der Waals surface area contributed by atoms with Gasteiger partial charge in [-0.3, -0.25) is 4.79 Å². The number of nitrogens with zero attached hydrogens (tertiary/aromatic N) is 1. The van der Waals surface area contributed by atoms with Crippen molar-refractivity contribution in [1.82, 2.24) is 4.90 Å². The van der Waals surface area contributed by atoms with Gasteiger partial charge in [0, 0.05) is 6.42 Å². The first-order valence-electron chi connectivity index (χ1n) is 8.28. The second kappa shape index (κ2) is 16.0. The first-order valence-corrected chi connectivity index (χ1v) is 8.28. The first-order chi connectivity index (χ1) is 10.5. The molecule has 0 N–H and O–H groups in total. The Hall–Kier alpha value is -1.41. The number of likely N-dealkylation sites (N-methyl/N-ethyl adjacent to an activating group) is 1. The SMILES string of the molecule is C/C=C/C.CC.Cc1ccc(CCCC(=O)CN(C)C)cc1. The molecule has 22 heavy (non-hydrogen) atoms. The molecule has 0 aliphatic carbocycles. The summed E-state index contributed by atoms with van der Waals surface area (Å²) in [5, 5.41) is 0. The van der Waals surface area contributed by atoms with E-state index in [2.05, 4.69) is 31.2 Å². The summed E-state index contributed by atoms with van der Waals surface area (Å²) in [6.45, 7) is 10.7. The third-order valence-corrected chi connectivity index (χ3v) is 2.87. The lowest BCUT2D eigenvalue weighted by Crippen LogP contribution is -2.21. The summed E-state index contributed by atoms with van der Waals surface area (Å²) in [7, 11) is 3.86. The number of hydrogen-bond acceptors (Lipinski definition) is 2. The van der Waals surface area contributed by atoms with Gasteiger partial charge in [-0.05, 0) is 53.3 Å². The molecule has 126 valence electrons. The number of Topliss-reactive ketones (excluding diaryl/α,β-unsaturated/α-hetero) is 1. The summed E-state index contributed by atoms with van der Waals surface area (Å²) in [5.74, 6) is 0.331. The van der Waals surface area contributed by atoms with Crippen LogP contribution in [-0.4, -0.2) is 31.3 Å². The molecule has 1 aromatic rings. The monoisotopic (exact) mass is 305 g/mol. The largest absolute Gasteiger partial charge is 0.302 e. The Labute approximate surface area is 138 Å². The van der Waals surface area contributed by atoms with Crippen molar-refractivity contribution in [3.63, 3.8) is 0 Å². The van der Waals surface area contributed by atoms with Gasteiger partial charge < -0.3 is 4.90 Å². The van der Waals surface area contributed by atoms with E-state index in [0.29, 0.717) is 18.7 Å². The van der Waals surface area contributed by atoms with E-state index in [1.54, 1.807) is 0 Å². The Kier molecular flexibility index (Phi) is 16.6. The Bertz CT molecular complexity index is 387. The molecule has 0 atom stereocenters. The summed E-state index contributed by atoms with van der Waals surface area (Å²) in [4.78, 5) is 13.4. The zero-order chi connectivity index (χ0) is 17.4. The van der Waals surface area contributed by atoms with Gasteiger partial charge in [-0.25, -0.2) is 0 Å².